The second kappa shape index (κ2) is 10.6. The molecule has 11 heteroatoms. The number of aromatic nitrogens is 4. The summed E-state index contributed by atoms with van der Waals surface area (Å²) in [6.45, 7) is 2.48. The number of benzene rings is 1. The van der Waals surface area contributed by atoms with Crippen LogP contribution in [0.5, 0.6) is 5.75 Å². The van der Waals surface area contributed by atoms with E-state index in [4.69, 9.17) is 15.5 Å². The third kappa shape index (κ3) is 5.30. The van der Waals surface area contributed by atoms with Crippen LogP contribution in [0.3, 0.4) is 0 Å². The zero-order valence-electron chi connectivity index (χ0n) is 17.6. The number of nitrogens with two attached hydrogens (primary N) is 1. The topological polar surface area (TPSA) is 99.2 Å². The molecule has 3 aliphatic heterocycles. The summed E-state index contributed by atoms with van der Waals surface area (Å²) in [5.74, 6) is 2.72. The molecule has 1 amide bonds. The van der Waals surface area contributed by atoms with Crippen LogP contribution in [0.15, 0.2) is 39.1 Å². The molecule has 1 aromatic carbocycles. The first kappa shape index (κ1) is 23.6. The fraction of sp³-hybridized carbons (Fsp3) is 0.429. The Kier molecular flexibility index (Phi) is 7.77. The van der Waals surface area contributed by atoms with Gasteiger partial charge in [0.1, 0.15) is 5.75 Å². The molecule has 0 radical (unpaired) electrons. The van der Waals surface area contributed by atoms with Gasteiger partial charge in [-0.3, -0.25) is 4.79 Å². The van der Waals surface area contributed by atoms with Gasteiger partial charge in [-0.15, -0.1) is 0 Å². The Labute approximate surface area is 213 Å². The number of halogens is 2. The van der Waals surface area contributed by atoms with E-state index in [1.807, 2.05) is 27.7 Å². The van der Waals surface area contributed by atoms with Crippen molar-refractivity contribution in [1.82, 2.24) is 24.4 Å². The highest BCUT2D eigenvalue weighted by Gasteiger charge is 2.24. The van der Waals surface area contributed by atoms with E-state index in [0.29, 0.717) is 27.0 Å². The molecule has 1 aromatic rings. The van der Waals surface area contributed by atoms with Crippen molar-refractivity contribution in [3.8, 4) is 17.3 Å². The van der Waals surface area contributed by atoms with Crippen molar-refractivity contribution in [2.45, 2.75) is 35.9 Å². The van der Waals surface area contributed by atoms with Crippen molar-refractivity contribution in [3.05, 3.63) is 29.0 Å². The normalized spacial score (nSPS) is 14.8. The number of hydrogen-bond donors (Lipinski definition) is 1. The third-order valence-corrected chi connectivity index (χ3v) is 8.20. The zero-order valence-corrected chi connectivity index (χ0v) is 22.2. The third-order valence-electron chi connectivity index (χ3n) is 5.67. The predicted molar refractivity (Wildman–Crippen MR) is 136 cm³/mol. The molecule has 3 heterocycles. The van der Waals surface area contributed by atoms with Crippen LogP contribution in [0.4, 0.5) is 5.82 Å². The monoisotopic (exact) mass is 630 g/mol. The lowest BCUT2D eigenvalue weighted by Gasteiger charge is -2.31. The van der Waals surface area contributed by atoms with E-state index in [0.717, 1.165) is 59.8 Å². The van der Waals surface area contributed by atoms with Gasteiger partial charge in [-0.25, -0.2) is 15.0 Å². The molecule has 0 atom stereocenters. The lowest BCUT2D eigenvalue weighted by molar-refractivity contribution is -0.129. The Morgan fingerprint density at radius 2 is 2.12 bits per heavy atom. The number of imidazole rings is 1. The molecule has 4 rings (SSSR count). The maximum Gasteiger partial charge on any atom is 0.232 e. The summed E-state index contributed by atoms with van der Waals surface area (Å²) in [4.78, 5) is 28.5. The van der Waals surface area contributed by atoms with Gasteiger partial charge in [0.2, 0.25) is 5.91 Å². The average Bonchev–Trinajstić information content (AvgIpc) is 3.24. The average molecular weight is 631 g/mol. The number of likely N-dealkylation sites (tertiary alicyclic amines) is 1. The van der Waals surface area contributed by atoms with Crippen LogP contribution in [-0.4, -0.2) is 55.0 Å². The molecular weight excluding hydrogens is 607 g/mol. The maximum atomic E-state index is 11.9. The van der Waals surface area contributed by atoms with Crippen molar-refractivity contribution in [2.75, 3.05) is 30.4 Å². The number of amides is 1. The van der Waals surface area contributed by atoms with Crippen LogP contribution in [0.25, 0.3) is 11.5 Å². The van der Waals surface area contributed by atoms with Crippen LogP contribution in [0.2, 0.25) is 0 Å². The van der Waals surface area contributed by atoms with Crippen molar-refractivity contribution in [3.63, 3.8) is 0 Å². The van der Waals surface area contributed by atoms with Gasteiger partial charge in [0.25, 0.3) is 0 Å². The smallest absolute Gasteiger partial charge is 0.232 e. The highest BCUT2D eigenvalue weighted by Crippen LogP contribution is 2.37. The number of anilines is 1. The summed E-state index contributed by atoms with van der Waals surface area (Å²) in [6.07, 6.45) is 4.82. The Balaban J connectivity index is 1.47. The van der Waals surface area contributed by atoms with E-state index in [1.54, 1.807) is 13.4 Å². The molecule has 3 aliphatic rings. The van der Waals surface area contributed by atoms with E-state index in [2.05, 4.69) is 48.5 Å². The second-order valence-corrected chi connectivity index (χ2v) is 10.3. The number of nitrogens with zero attached hydrogens (tertiary/aromatic N) is 5. The lowest BCUT2D eigenvalue weighted by atomic mass is 9.93. The van der Waals surface area contributed by atoms with Gasteiger partial charge in [0.05, 0.1) is 17.9 Å². The summed E-state index contributed by atoms with van der Waals surface area (Å²) < 4.78 is 8.86. The minimum absolute atomic E-state index is 0.239. The molecule has 8 nitrogen and oxygen atoms in total. The summed E-state index contributed by atoms with van der Waals surface area (Å²) >= 11 is 7.17. The maximum absolute atomic E-state index is 11.9. The van der Waals surface area contributed by atoms with Crippen molar-refractivity contribution in [1.29, 1.82) is 0 Å². The molecule has 32 heavy (non-hydrogen) atoms. The largest absolute Gasteiger partial charge is 0.497 e. The molecule has 1 fully saturated rings. The summed E-state index contributed by atoms with van der Waals surface area (Å²) in [7, 11) is 1.64. The number of carbonyl (C=O) groups is 1. The molecule has 0 bridgehead atoms. The number of aryl methyl sites for hydroxylation is 1. The molecule has 0 unspecified atom stereocenters. The number of carbonyl (C=O) groups excluding carboxylic acids is 1. The summed E-state index contributed by atoms with van der Waals surface area (Å²) in [5, 5.41) is 0.619. The fourth-order valence-electron chi connectivity index (χ4n) is 3.81. The van der Waals surface area contributed by atoms with E-state index in [-0.39, 0.29) is 5.91 Å². The second-order valence-electron chi connectivity index (χ2n) is 7.65. The van der Waals surface area contributed by atoms with Crippen LogP contribution >= 0.6 is 50.3 Å². The van der Waals surface area contributed by atoms with E-state index >= 15 is 0 Å². The molecule has 0 spiro atoms. The standard InChI is InChI=1S/C21H24BrIN6O2S/c1-31-14-2-3-15(22)16(10-14)32-21-26-18-19(24)25-12-29(20(18)27-21)9-6-13-4-7-28(8-5-13)17(30)11-23/h2-3,10,12-13H,4-9,11,24H2,1H3. The van der Waals surface area contributed by atoms with Gasteiger partial charge in [0.15, 0.2) is 22.5 Å². The summed E-state index contributed by atoms with van der Waals surface area (Å²) in [5.41, 5.74) is 6.72. The lowest BCUT2D eigenvalue weighted by Crippen LogP contribution is -2.39. The molecule has 0 aliphatic carbocycles. The number of hydrogen-bond acceptors (Lipinski definition) is 7. The molecule has 0 aromatic heterocycles. The number of nitrogen functional groups attached to an aromatic ring is 1. The van der Waals surface area contributed by atoms with Gasteiger partial charge in [-0.2, -0.15) is 0 Å². The molecule has 0 saturated carbocycles. The zero-order chi connectivity index (χ0) is 22.7. The van der Waals surface area contributed by atoms with Gasteiger partial charge in [-0.1, -0.05) is 22.6 Å². The van der Waals surface area contributed by atoms with Gasteiger partial charge >= 0.3 is 0 Å². The van der Waals surface area contributed by atoms with Crippen LogP contribution in [0, 0.1) is 5.92 Å². The SMILES string of the molecule is COc1ccc(Br)c(Sc2nc3c(N)ncn(CCC4CCN(C(=O)CI)CC4)c-3n2)c1. The minimum Gasteiger partial charge on any atom is -0.497 e. The Hall–Kier alpha value is -1.60. The van der Waals surface area contributed by atoms with Gasteiger partial charge in [0, 0.05) is 29.0 Å². The first-order chi connectivity index (χ1) is 15.5. The number of piperidine rings is 1. The van der Waals surface area contributed by atoms with E-state index in [9.17, 15) is 4.79 Å². The Morgan fingerprint density at radius 1 is 1.34 bits per heavy atom. The molecular formula is C21H24BrIN6O2S. The number of alkyl halides is 1. The summed E-state index contributed by atoms with van der Waals surface area (Å²) in [6, 6.07) is 5.79. The predicted octanol–water partition coefficient (Wildman–Crippen LogP) is 4.35. The fourth-order valence-corrected chi connectivity index (χ4v) is 5.59. The van der Waals surface area contributed by atoms with Gasteiger partial charge < -0.3 is 19.9 Å². The highest BCUT2D eigenvalue weighted by molar-refractivity contribution is 14.1. The Bertz CT molecular complexity index is 1070. The number of rotatable bonds is 7. The first-order valence-corrected chi connectivity index (χ1v) is 13.5. The van der Waals surface area contributed by atoms with Crippen LogP contribution < -0.4 is 10.5 Å². The van der Waals surface area contributed by atoms with Crippen LogP contribution in [-0.2, 0) is 11.3 Å². The molecule has 170 valence electrons. The van der Waals surface area contributed by atoms with Crippen molar-refractivity contribution < 1.29 is 9.53 Å². The number of ether oxygens (including phenoxy) is 1. The quantitative estimate of drug-likeness (QED) is 0.306. The van der Waals surface area contributed by atoms with Crippen molar-refractivity contribution in [2.24, 2.45) is 5.92 Å². The molecule has 1 saturated heterocycles. The number of methoxy groups -OCH3 is 1. The first-order valence-electron chi connectivity index (χ1n) is 10.3. The number of fused-ring (bicyclic) bond motifs is 1. The van der Waals surface area contributed by atoms with E-state index in [1.165, 1.54) is 11.8 Å². The van der Waals surface area contributed by atoms with Crippen molar-refractivity contribution >= 4 is 62.0 Å². The molecule has 2 N–H and O–H groups in total. The minimum atomic E-state index is 0.239. The van der Waals surface area contributed by atoms with E-state index < -0.39 is 0 Å². The van der Waals surface area contributed by atoms with Gasteiger partial charge in [-0.05, 0) is 71.1 Å². The van der Waals surface area contributed by atoms with Crippen LogP contribution in [0.1, 0.15) is 19.3 Å². The highest BCUT2D eigenvalue weighted by atomic mass is 127. The Morgan fingerprint density at radius 3 is 2.84 bits per heavy atom.